The monoisotopic (exact) mass is 562 g/mol. The minimum Gasteiger partial charge on any atom is -0.375 e. The van der Waals surface area contributed by atoms with Crippen molar-refractivity contribution in [3.8, 4) is 0 Å². The van der Waals surface area contributed by atoms with E-state index in [0.717, 1.165) is 56.5 Å². The number of rotatable bonds is 7. The van der Waals surface area contributed by atoms with E-state index in [2.05, 4.69) is 76.7 Å². The average molecular weight is 563 g/mol. The summed E-state index contributed by atoms with van der Waals surface area (Å²) in [5, 5.41) is 8.13. The molecule has 33 heavy (non-hydrogen) atoms. The summed E-state index contributed by atoms with van der Waals surface area (Å²) < 4.78 is 5.65. The lowest BCUT2D eigenvalue weighted by molar-refractivity contribution is 0.0529. The van der Waals surface area contributed by atoms with Crippen molar-refractivity contribution in [2.75, 3.05) is 37.7 Å². The second-order valence-corrected chi connectivity index (χ2v) is 8.33. The van der Waals surface area contributed by atoms with Crippen molar-refractivity contribution < 1.29 is 4.74 Å². The van der Waals surface area contributed by atoms with Crippen molar-refractivity contribution in [3.05, 3.63) is 59.4 Å². The van der Waals surface area contributed by atoms with Gasteiger partial charge in [0.1, 0.15) is 5.82 Å². The number of pyridine rings is 1. The van der Waals surface area contributed by atoms with Gasteiger partial charge in [0.2, 0.25) is 0 Å². The fourth-order valence-corrected chi connectivity index (χ4v) is 4.16. The number of fused-ring (bicyclic) bond motifs is 1. The predicted octanol–water partition coefficient (Wildman–Crippen LogP) is 4.01. The molecule has 1 fully saturated rings. The molecule has 3 aromatic rings. The number of anilines is 1. The standard InChI is InChI=1S/C25H34N6O.HI/c1-4-26-25(28-11-9-21-16-29-24-18(2)6-5-7-22(21)24)30-15-20-8-10-27-23(14-20)31-12-13-32-19(3)17-31;/h5-8,10,14,16,19,29H,4,9,11-13,15,17H2,1-3H3,(H2,26,28,30);1H. The number of aryl methyl sites for hydroxylation is 1. The van der Waals surface area contributed by atoms with Crippen molar-refractivity contribution in [3.63, 3.8) is 0 Å². The molecule has 8 heteroatoms. The van der Waals surface area contributed by atoms with Gasteiger partial charge >= 0.3 is 0 Å². The van der Waals surface area contributed by atoms with E-state index in [1.165, 1.54) is 22.0 Å². The fraction of sp³-hybridized carbons (Fsp3) is 0.440. The number of morpholine rings is 1. The van der Waals surface area contributed by atoms with Gasteiger partial charge in [-0.05, 0) is 56.0 Å². The predicted molar refractivity (Wildman–Crippen MR) is 147 cm³/mol. The van der Waals surface area contributed by atoms with Crippen LogP contribution in [0, 0.1) is 6.92 Å². The van der Waals surface area contributed by atoms with Gasteiger partial charge in [0, 0.05) is 49.5 Å². The van der Waals surface area contributed by atoms with Gasteiger partial charge in [-0.15, -0.1) is 24.0 Å². The molecule has 3 heterocycles. The van der Waals surface area contributed by atoms with E-state index < -0.39 is 0 Å². The number of nitrogens with zero attached hydrogens (tertiary/aromatic N) is 3. The second-order valence-electron chi connectivity index (χ2n) is 8.33. The van der Waals surface area contributed by atoms with Crippen LogP contribution >= 0.6 is 24.0 Å². The van der Waals surface area contributed by atoms with Gasteiger partial charge in [0.15, 0.2) is 5.96 Å². The molecule has 0 spiro atoms. The van der Waals surface area contributed by atoms with Crippen molar-refractivity contribution in [1.82, 2.24) is 20.6 Å². The van der Waals surface area contributed by atoms with Crippen molar-refractivity contribution in [1.29, 1.82) is 0 Å². The van der Waals surface area contributed by atoms with Crippen molar-refractivity contribution in [2.24, 2.45) is 4.99 Å². The van der Waals surface area contributed by atoms with E-state index >= 15 is 0 Å². The topological polar surface area (TPSA) is 77.6 Å². The highest BCUT2D eigenvalue weighted by atomic mass is 127. The van der Waals surface area contributed by atoms with Gasteiger partial charge in [0.25, 0.3) is 0 Å². The first-order valence-corrected chi connectivity index (χ1v) is 11.5. The van der Waals surface area contributed by atoms with Crippen LogP contribution in [0.2, 0.25) is 0 Å². The van der Waals surface area contributed by atoms with E-state index in [4.69, 9.17) is 9.73 Å². The number of aromatic amines is 1. The number of guanidine groups is 1. The molecule has 0 radical (unpaired) electrons. The van der Waals surface area contributed by atoms with Crippen LogP contribution in [0.15, 0.2) is 47.7 Å². The summed E-state index contributed by atoms with van der Waals surface area (Å²) in [6, 6.07) is 10.6. The third kappa shape index (κ3) is 6.60. The Bertz CT molecular complexity index is 1070. The molecule has 0 amide bonds. The first-order valence-electron chi connectivity index (χ1n) is 11.5. The maximum absolute atomic E-state index is 5.65. The Balaban J connectivity index is 0.00000306. The first-order chi connectivity index (χ1) is 15.6. The smallest absolute Gasteiger partial charge is 0.191 e. The second kappa shape index (κ2) is 12.2. The number of para-hydroxylation sites is 1. The SMILES string of the molecule is CCNC(=NCc1ccnc(N2CCOC(C)C2)c1)NCCc1c[nH]c2c(C)cccc12.I. The molecule has 178 valence electrons. The Morgan fingerprint density at radius 1 is 1.30 bits per heavy atom. The van der Waals surface area contributed by atoms with E-state index in [1.54, 1.807) is 0 Å². The number of aromatic nitrogens is 2. The maximum atomic E-state index is 5.65. The number of hydrogen-bond donors (Lipinski definition) is 3. The highest BCUT2D eigenvalue weighted by Gasteiger charge is 2.18. The molecule has 7 nitrogen and oxygen atoms in total. The Hall–Kier alpha value is -2.33. The summed E-state index contributed by atoms with van der Waals surface area (Å²) in [7, 11) is 0. The molecule has 2 aromatic heterocycles. The molecule has 1 atom stereocenters. The molecule has 1 aliphatic heterocycles. The van der Waals surface area contributed by atoms with Gasteiger partial charge in [-0.3, -0.25) is 0 Å². The minimum absolute atomic E-state index is 0. The lowest BCUT2D eigenvalue weighted by atomic mass is 10.1. The minimum atomic E-state index is 0. The van der Waals surface area contributed by atoms with E-state index in [9.17, 15) is 0 Å². The summed E-state index contributed by atoms with van der Waals surface area (Å²) in [6.45, 7) is 11.1. The van der Waals surface area contributed by atoms with Crippen LogP contribution in [0.1, 0.15) is 30.5 Å². The van der Waals surface area contributed by atoms with Crippen LogP contribution in [-0.4, -0.2) is 54.8 Å². The fourth-order valence-electron chi connectivity index (χ4n) is 4.16. The van der Waals surface area contributed by atoms with E-state index in [-0.39, 0.29) is 30.1 Å². The third-order valence-electron chi connectivity index (χ3n) is 5.84. The molecule has 0 bridgehead atoms. The summed E-state index contributed by atoms with van der Waals surface area (Å²) in [5.74, 6) is 1.84. The van der Waals surface area contributed by atoms with Crippen LogP contribution in [0.5, 0.6) is 0 Å². The number of hydrogen-bond acceptors (Lipinski definition) is 4. The Morgan fingerprint density at radius 2 is 2.18 bits per heavy atom. The molecule has 1 saturated heterocycles. The van der Waals surface area contributed by atoms with Crippen LogP contribution in [0.4, 0.5) is 5.82 Å². The van der Waals surface area contributed by atoms with Gasteiger partial charge in [0.05, 0.1) is 19.3 Å². The van der Waals surface area contributed by atoms with Crippen molar-refractivity contribution in [2.45, 2.75) is 39.8 Å². The van der Waals surface area contributed by atoms with Gasteiger partial charge in [-0.1, -0.05) is 18.2 Å². The summed E-state index contributed by atoms with van der Waals surface area (Å²) in [4.78, 5) is 15.0. The molecule has 0 saturated carbocycles. The van der Waals surface area contributed by atoms with Crippen LogP contribution in [0.3, 0.4) is 0 Å². The Kier molecular flexibility index (Phi) is 9.37. The van der Waals surface area contributed by atoms with E-state index in [1.807, 2.05) is 12.3 Å². The molecule has 4 rings (SSSR count). The number of aliphatic imine (C=N–C) groups is 1. The number of benzene rings is 1. The Morgan fingerprint density at radius 3 is 3.00 bits per heavy atom. The highest BCUT2D eigenvalue weighted by Crippen LogP contribution is 2.21. The van der Waals surface area contributed by atoms with E-state index in [0.29, 0.717) is 6.54 Å². The zero-order chi connectivity index (χ0) is 22.3. The quantitative estimate of drug-likeness (QED) is 0.231. The molecule has 1 aliphatic rings. The van der Waals surface area contributed by atoms with Gasteiger partial charge < -0.3 is 25.3 Å². The van der Waals surface area contributed by atoms with Crippen LogP contribution in [-0.2, 0) is 17.7 Å². The number of nitrogens with one attached hydrogen (secondary N) is 3. The number of H-pyrrole nitrogens is 1. The van der Waals surface area contributed by atoms with Gasteiger partial charge in [-0.25, -0.2) is 9.98 Å². The largest absolute Gasteiger partial charge is 0.375 e. The average Bonchev–Trinajstić information content (AvgIpc) is 3.22. The molecule has 3 N–H and O–H groups in total. The molecular weight excluding hydrogens is 527 g/mol. The molecule has 0 aliphatic carbocycles. The molecule has 1 aromatic carbocycles. The Labute approximate surface area is 213 Å². The first kappa shape index (κ1) is 25.3. The third-order valence-corrected chi connectivity index (χ3v) is 5.84. The summed E-state index contributed by atoms with van der Waals surface area (Å²) >= 11 is 0. The van der Waals surface area contributed by atoms with Crippen molar-refractivity contribution >= 4 is 46.7 Å². The summed E-state index contributed by atoms with van der Waals surface area (Å²) in [6.07, 6.45) is 5.16. The number of ether oxygens (including phenoxy) is 1. The lowest BCUT2D eigenvalue weighted by Crippen LogP contribution is -2.41. The zero-order valence-electron chi connectivity index (χ0n) is 19.7. The van der Waals surface area contributed by atoms with Crippen LogP contribution in [0.25, 0.3) is 10.9 Å². The summed E-state index contributed by atoms with van der Waals surface area (Å²) in [5.41, 5.74) is 4.98. The number of halogens is 1. The normalized spacial score (nSPS) is 16.5. The lowest BCUT2D eigenvalue weighted by Gasteiger charge is -2.32. The zero-order valence-corrected chi connectivity index (χ0v) is 22.1. The molecule has 1 unspecified atom stereocenters. The maximum Gasteiger partial charge on any atom is 0.191 e. The van der Waals surface area contributed by atoms with Crippen LogP contribution < -0.4 is 15.5 Å². The highest BCUT2D eigenvalue weighted by molar-refractivity contribution is 14.0. The molecular formula is C25H35IN6O. The van der Waals surface area contributed by atoms with Gasteiger partial charge in [-0.2, -0.15) is 0 Å².